The molecule has 1 atom stereocenters. The molecule has 0 aromatic heterocycles. The van der Waals surface area contributed by atoms with Crippen LogP contribution in [0.2, 0.25) is 0 Å². The van der Waals surface area contributed by atoms with Crippen LogP contribution < -0.4 is 14.8 Å². The van der Waals surface area contributed by atoms with Gasteiger partial charge in [0.05, 0.1) is 21.3 Å². The maximum atomic E-state index is 12.1. The van der Waals surface area contributed by atoms with Crippen LogP contribution in [-0.2, 0) is 14.3 Å². The Morgan fingerprint density at radius 3 is 2.60 bits per heavy atom. The number of ether oxygens (including phenoxy) is 3. The van der Waals surface area contributed by atoms with E-state index in [1.165, 1.54) is 13.2 Å². The molecule has 1 unspecified atom stereocenters. The fourth-order valence-corrected chi connectivity index (χ4v) is 3.42. The predicted octanol–water partition coefficient (Wildman–Crippen LogP) is 2.43. The Kier molecular flexibility index (Phi) is 9.94. The topological polar surface area (TPSA) is 73.9 Å². The van der Waals surface area contributed by atoms with Gasteiger partial charge < -0.3 is 19.5 Å². The third-order valence-electron chi connectivity index (χ3n) is 3.14. The molecule has 0 saturated carbocycles. The van der Waals surface area contributed by atoms with Gasteiger partial charge in [0.25, 0.3) is 0 Å². The minimum Gasteiger partial charge on any atom is -0.497 e. The number of carbonyl (C=O) groups is 2. The van der Waals surface area contributed by atoms with Crippen LogP contribution in [0.3, 0.4) is 0 Å². The molecule has 0 bridgehead atoms. The number of carbonyl (C=O) groups excluding carboxylic acids is 2. The number of methoxy groups -OCH3 is 3. The molecule has 0 heterocycles. The number of esters is 1. The number of nitrogens with one attached hydrogen (secondary N) is 1. The minimum absolute atomic E-state index is 0.384. The number of hydrogen-bond acceptors (Lipinski definition) is 7. The second-order valence-electron chi connectivity index (χ2n) is 4.80. The first-order chi connectivity index (χ1) is 12.0. The van der Waals surface area contributed by atoms with E-state index in [1.54, 1.807) is 62.0 Å². The summed E-state index contributed by atoms with van der Waals surface area (Å²) in [5, 5.41) is 3.49. The van der Waals surface area contributed by atoms with E-state index in [9.17, 15) is 9.59 Å². The van der Waals surface area contributed by atoms with Crippen LogP contribution >= 0.6 is 23.5 Å². The zero-order chi connectivity index (χ0) is 18.7. The Bertz CT molecular complexity index is 607. The first kappa shape index (κ1) is 21.2. The van der Waals surface area contributed by atoms with Crippen molar-refractivity contribution < 1.29 is 23.8 Å². The first-order valence-corrected chi connectivity index (χ1v) is 9.95. The first-order valence-electron chi connectivity index (χ1n) is 7.40. The summed E-state index contributed by atoms with van der Waals surface area (Å²) in [6, 6.07) is 4.60. The highest BCUT2D eigenvalue weighted by Gasteiger charge is 2.20. The molecule has 0 saturated heterocycles. The van der Waals surface area contributed by atoms with Crippen molar-refractivity contribution in [3.8, 4) is 11.5 Å². The van der Waals surface area contributed by atoms with Crippen LogP contribution in [0.4, 0.5) is 0 Å². The lowest BCUT2D eigenvalue weighted by atomic mass is 10.1. The Balaban J connectivity index is 2.78. The molecule has 6 nitrogen and oxygen atoms in total. The third-order valence-corrected chi connectivity index (χ3v) is 5.32. The van der Waals surface area contributed by atoms with E-state index < -0.39 is 12.0 Å². The maximum Gasteiger partial charge on any atom is 0.329 e. The molecule has 25 heavy (non-hydrogen) atoms. The highest BCUT2D eigenvalue weighted by atomic mass is 32.2. The molecule has 1 amide bonds. The largest absolute Gasteiger partial charge is 0.497 e. The smallest absolute Gasteiger partial charge is 0.329 e. The van der Waals surface area contributed by atoms with Gasteiger partial charge in [0.1, 0.15) is 17.5 Å². The molecule has 1 aromatic rings. The molecule has 0 aliphatic rings. The van der Waals surface area contributed by atoms with Gasteiger partial charge in [0, 0.05) is 22.5 Å². The monoisotopic (exact) mass is 385 g/mol. The lowest BCUT2D eigenvalue weighted by Gasteiger charge is -2.14. The van der Waals surface area contributed by atoms with Crippen molar-refractivity contribution in [1.29, 1.82) is 0 Å². The van der Waals surface area contributed by atoms with Crippen molar-refractivity contribution in [2.45, 2.75) is 6.04 Å². The average Bonchev–Trinajstić information content (AvgIpc) is 2.64. The van der Waals surface area contributed by atoms with Crippen LogP contribution in [0.1, 0.15) is 5.56 Å². The Hall–Kier alpha value is -1.80. The standard InChI is InChI=1S/C17H23NO5S2/c1-21-13-6-7-15(22-2)12(9-13)5-8-16(19)18-14(17(20)23-3)10-25-11-24-4/h5-9,14H,10-11H2,1-4H3,(H,18,19)/b8-5+. The highest BCUT2D eigenvalue weighted by Crippen LogP contribution is 2.25. The molecule has 1 aromatic carbocycles. The van der Waals surface area contributed by atoms with E-state index in [1.807, 2.05) is 6.26 Å². The van der Waals surface area contributed by atoms with E-state index in [0.717, 1.165) is 5.08 Å². The number of benzene rings is 1. The summed E-state index contributed by atoms with van der Waals surface area (Å²) in [5.74, 6) is 0.876. The molecule has 0 fully saturated rings. The van der Waals surface area contributed by atoms with Gasteiger partial charge in [-0.05, 0) is 30.5 Å². The Morgan fingerprint density at radius 1 is 1.24 bits per heavy atom. The van der Waals surface area contributed by atoms with E-state index in [-0.39, 0.29) is 5.91 Å². The van der Waals surface area contributed by atoms with E-state index >= 15 is 0 Å². The van der Waals surface area contributed by atoms with E-state index in [0.29, 0.717) is 22.8 Å². The number of amides is 1. The zero-order valence-corrected chi connectivity index (χ0v) is 16.4. The third kappa shape index (κ3) is 7.31. The van der Waals surface area contributed by atoms with Crippen molar-refractivity contribution in [3.05, 3.63) is 29.8 Å². The molecule has 0 aliphatic heterocycles. The number of thioether (sulfide) groups is 2. The van der Waals surface area contributed by atoms with Crippen LogP contribution in [0, 0.1) is 0 Å². The zero-order valence-electron chi connectivity index (χ0n) is 14.7. The summed E-state index contributed by atoms with van der Waals surface area (Å²) >= 11 is 3.21. The van der Waals surface area contributed by atoms with Gasteiger partial charge in [-0.2, -0.15) is 11.8 Å². The fourth-order valence-electron chi connectivity index (χ4n) is 1.92. The second-order valence-corrected chi connectivity index (χ2v) is 7.06. The van der Waals surface area contributed by atoms with Crippen molar-refractivity contribution in [3.63, 3.8) is 0 Å². The SMILES string of the molecule is COC(=O)C(CSCSC)NC(=O)/C=C/c1cc(OC)ccc1OC. The normalized spacial score (nSPS) is 11.8. The molecule has 0 spiro atoms. The summed E-state index contributed by atoms with van der Waals surface area (Å²) in [5.41, 5.74) is 0.698. The molecule has 1 rings (SSSR count). The van der Waals surface area contributed by atoms with Crippen LogP contribution in [0.15, 0.2) is 24.3 Å². The summed E-state index contributed by atoms with van der Waals surface area (Å²) in [4.78, 5) is 23.9. The molecular formula is C17H23NO5S2. The van der Waals surface area contributed by atoms with Crippen LogP contribution in [0.25, 0.3) is 6.08 Å². The van der Waals surface area contributed by atoms with Crippen molar-refractivity contribution in [2.75, 3.05) is 38.4 Å². The lowest BCUT2D eigenvalue weighted by molar-refractivity contribution is -0.143. The van der Waals surface area contributed by atoms with Crippen molar-refractivity contribution in [1.82, 2.24) is 5.32 Å². The summed E-state index contributed by atoms with van der Waals surface area (Å²) in [6.45, 7) is 0. The van der Waals surface area contributed by atoms with Gasteiger partial charge in [-0.3, -0.25) is 4.79 Å². The lowest BCUT2D eigenvalue weighted by Crippen LogP contribution is -2.42. The molecule has 8 heteroatoms. The molecular weight excluding hydrogens is 362 g/mol. The minimum atomic E-state index is -0.688. The predicted molar refractivity (Wildman–Crippen MR) is 103 cm³/mol. The quantitative estimate of drug-likeness (QED) is 0.287. The number of rotatable bonds is 10. The van der Waals surface area contributed by atoms with Crippen LogP contribution in [0.5, 0.6) is 11.5 Å². The van der Waals surface area contributed by atoms with Crippen molar-refractivity contribution >= 4 is 41.5 Å². The van der Waals surface area contributed by atoms with Gasteiger partial charge in [0.15, 0.2) is 0 Å². The molecule has 0 aliphatic carbocycles. The Labute approximate surface area is 156 Å². The van der Waals surface area contributed by atoms with E-state index in [2.05, 4.69) is 5.32 Å². The maximum absolute atomic E-state index is 12.1. The highest BCUT2D eigenvalue weighted by molar-refractivity contribution is 8.15. The summed E-state index contributed by atoms with van der Waals surface area (Å²) in [6.07, 6.45) is 4.94. The van der Waals surface area contributed by atoms with E-state index in [4.69, 9.17) is 14.2 Å². The number of hydrogen-bond donors (Lipinski definition) is 1. The summed E-state index contributed by atoms with van der Waals surface area (Å²) < 4.78 is 15.2. The average molecular weight is 386 g/mol. The second kappa shape index (κ2) is 11.7. The summed E-state index contributed by atoms with van der Waals surface area (Å²) in [7, 11) is 4.42. The van der Waals surface area contributed by atoms with Gasteiger partial charge in [-0.25, -0.2) is 4.79 Å². The fraction of sp³-hybridized carbons (Fsp3) is 0.412. The van der Waals surface area contributed by atoms with Crippen LogP contribution in [-0.4, -0.2) is 56.3 Å². The van der Waals surface area contributed by atoms with Crippen molar-refractivity contribution in [2.24, 2.45) is 0 Å². The van der Waals surface area contributed by atoms with Gasteiger partial charge in [0.2, 0.25) is 5.91 Å². The molecule has 138 valence electrons. The van der Waals surface area contributed by atoms with Gasteiger partial charge in [-0.15, -0.1) is 11.8 Å². The van der Waals surface area contributed by atoms with Gasteiger partial charge in [-0.1, -0.05) is 0 Å². The Morgan fingerprint density at radius 2 is 2.00 bits per heavy atom. The molecule has 1 N–H and O–H groups in total. The van der Waals surface area contributed by atoms with Gasteiger partial charge >= 0.3 is 5.97 Å². The molecule has 0 radical (unpaired) electrons.